The number of benzene rings is 2. The molecular formula is C13H10F2O. The monoisotopic (exact) mass is 220 g/mol. The maximum atomic E-state index is 13.2. The fourth-order valence-electron chi connectivity index (χ4n) is 1.55. The predicted octanol–water partition coefficient (Wildman–Crippen LogP) is 3.12. The Kier molecular flexibility index (Phi) is 2.97. The molecule has 0 atom stereocenters. The molecule has 0 amide bonds. The van der Waals surface area contributed by atoms with Gasteiger partial charge in [-0.2, -0.15) is 0 Å². The van der Waals surface area contributed by atoms with E-state index in [1.165, 1.54) is 24.3 Å². The normalized spacial score (nSPS) is 10.4. The summed E-state index contributed by atoms with van der Waals surface area (Å²) in [6.45, 7) is -0.216. The second-order valence-electron chi connectivity index (χ2n) is 3.51. The number of aliphatic hydroxyl groups excluding tert-OH is 1. The third-order valence-corrected chi connectivity index (χ3v) is 2.32. The average Bonchev–Trinajstić information content (AvgIpc) is 2.29. The van der Waals surface area contributed by atoms with Crippen LogP contribution in [0.25, 0.3) is 11.1 Å². The van der Waals surface area contributed by atoms with Crippen LogP contribution in [0.15, 0.2) is 42.5 Å². The zero-order chi connectivity index (χ0) is 11.5. The zero-order valence-corrected chi connectivity index (χ0v) is 8.45. The third kappa shape index (κ3) is 2.25. The van der Waals surface area contributed by atoms with Gasteiger partial charge in [0.15, 0.2) is 0 Å². The van der Waals surface area contributed by atoms with Crippen LogP contribution in [0.3, 0.4) is 0 Å². The number of hydrogen-bond donors (Lipinski definition) is 1. The second kappa shape index (κ2) is 4.41. The summed E-state index contributed by atoms with van der Waals surface area (Å²) >= 11 is 0. The van der Waals surface area contributed by atoms with Gasteiger partial charge in [0, 0.05) is 0 Å². The van der Waals surface area contributed by atoms with Crippen molar-refractivity contribution in [2.45, 2.75) is 6.61 Å². The lowest BCUT2D eigenvalue weighted by Gasteiger charge is -2.04. The molecule has 2 rings (SSSR count). The summed E-state index contributed by atoms with van der Waals surface area (Å²) in [7, 11) is 0. The van der Waals surface area contributed by atoms with Crippen molar-refractivity contribution in [2.24, 2.45) is 0 Å². The van der Waals surface area contributed by atoms with Gasteiger partial charge in [0.25, 0.3) is 0 Å². The van der Waals surface area contributed by atoms with Gasteiger partial charge in [-0.25, -0.2) is 8.78 Å². The molecule has 0 aliphatic carbocycles. The smallest absolute Gasteiger partial charge is 0.124 e. The van der Waals surface area contributed by atoms with Gasteiger partial charge in [0.2, 0.25) is 0 Å². The lowest BCUT2D eigenvalue weighted by molar-refractivity contribution is 0.281. The van der Waals surface area contributed by atoms with E-state index in [4.69, 9.17) is 5.11 Å². The van der Waals surface area contributed by atoms with E-state index >= 15 is 0 Å². The largest absolute Gasteiger partial charge is 0.392 e. The number of halogens is 2. The molecule has 3 heteroatoms. The highest BCUT2D eigenvalue weighted by molar-refractivity contribution is 5.64. The Morgan fingerprint density at radius 2 is 1.50 bits per heavy atom. The minimum absolute atomic E-state index is 0.216. The Bertz CT molecular complexity index is 492. The minimum Gasteiger partial charge on any atom is -0.392 e. The Morgan fingerprint density at radius 1 is 0.812 bits per heavy atom. The molecule has 0 aliphatic heterocycles. The summed E-state index contributed by atoms with van der Waals surface area (Å²) in [6.07, 6.45) is 0. The van der Waals surface area contributed by atoms with E-state index in [-0.39, 0.29) is 12.4 Å². The van der Waals surface area contributed by atoms with E-state index in [2.05, 4.69) is 0 Å². The summed E-state index contributed by atoms with van der Waals surface area (Å²) in [5.74, 6) is -0.742. The Labute approximate surface area is 92.0 Å². The van der Waals surface area contributed by atoms with Gasteiger partial charge in [-0.3, -0.25) is 0 Å². The molecule has 0 bridgehead atoms. The first-order chi connectivity index (χ1) is 7.69. The molecule has 0 unspecified atom stereocenters. The second-order valence-corrected chi connectivity index (χ2v) is 3.51. The molecule has 82 valence electrons. The minimum atomic E-state index is -0.411. The number of hydrogen-bond acceptors (Lipinski definition) is 1. The van der Waals surface area contributed by atoms with Crippen LogP contribution in [0, 0.1) is 11.6 Å². The van der Waals surface area contributed by atoms with Gasteiger partial charge in [-0.15, -0.1) is 0 Å². The quantitative estimate of drug-likeness (QED) is 0.824. The number of aliphatic hydroxyl groups is 1. The van der Waals surface area contributed by atoms with Crippen molar-refractivity contribution < 1.29 is 13.9 Å². The van der Waals surface area contributed by atoms with E-state index in [0.29, 0.717) is 11.1 Å². The van der Waals surface area contributed by atoms with E-state index < -0.39 is 5.82 Å². The molecule has 2 aromatic rings. The average molecular weight is 220 g/mol. The van der Waals surface area contributed by atoms with Gasteiger partial charge >= 0.3 is 0 Å². The van der Waals surface area contributed by atoms with Crippen LogP contribution >= 0.6 is 0 Å². The number of rotatable bonds is 2. The van der Waals surface area contributed by atoms with Crippen molar-refractivity contribution in [3.8, 4) is 11.1 Å². The molecule has 16 heavy (non-hydrogen) atoms. The lowest BCUT2D eigenvalue weighted by Crippen LogP contribution is -1.88. The molecule has 0 radical (unpaired) electrons. The van der Waals surface area contributed by atoms with Crippen LogP contribution < -0.4 is 0 Å². The summed E-state index contributed by atoms with van der Waals surface area (Å²) in [4.78, 5) is 0. The highest BCUT2D eigenvalue weighted by Gasteiger charge is 2.03. The standard InChI is InChI=1S/C13H10F2O/c14-12-3-1-10(2-4-12)11-5-9(8-16)6-13(15)7-11/h1-7,16H,8H2. The third-order valence-electron chi connectivity index (χ3n) is 2.32. The molecular weight excluding hydrogens is 210 g/mol. The van der Waals surface area contributed by atoms with Crippen molar-refractivity contribution >= 4 is 0 Å². The molecule has 1 N–H and O–H groups in total. The Balaban J connectivity index is 2.47. The molecule has 0 saturated carbocycles. The molecule has 0 heterocycles. The van der Waals surface area contributed by atoms with Crippen LogP contribution in [0.1, 0.15) is 5.56 Å². The van der Waals surface area contributed by atoms with Crippen LogP contribution in [0.5, 0.6) is 0 Å². The molecule has 0 aromatic heterocycles. The summed E-state index contributed by atoms with van der Waals surface area (Å²) in [6, 6.07) is 10.1. The van der Waals surface area contributed by atoms with E-state index in [1.807, 2.05) is 0 Å². The zero-order valence-electron chi connectivity index (χ0n) is 8.45. The first kappa shape index (κ1) is 10.8. The van der Waals surface area contributed by atoms with Crippen molar-refractivity contribution in [3.63, 3.8) is 0 Å². The van der Waals surface area contributed by atoms with Gasteiger partial charge < -0.3 is 5.11 Å². The van der Waals surface area contributed by atoms with Crippen molar-refractivity contribution in [3.05, 3.63) is 59.7 Å². The topological polar surface area (TPSA) is 20.2 Å². The predicted molar refractivity (Wildman–Crippen MR) is 57.7 cm³/mol. The first-order valence-corrected chi connectivity index (χ1v) is 4.85. The van der Waals surface area contributed by atoms with Crippen LogP contribution in [0.4, 0.5) is 8.78 Å². The van der Waals surface area contributed by atoms with Crippen LogP contribution in [0.2, 0.25) is 0 Å². The SMILES string of the molecule is OCc1cc(F)cc(-c2ccc(F)cc2)c1. The highest BCUT2D eigenvalue weighted by atomic mass is 19.1. The molecule has 0 fully saturated rings. The van der Waals surface area contributed by atoms with E-state index in [0.717, 1.165) is 5.56 Å². The van der Waals surface area contributed by atoms with Crippen molar-refractivity contribution in [2.75, 3.05) is 0 Å². The van der Waals surface area contributed by atoms with Crippen LogP contribution in [-0.4, -0.2) is 5.11 Å². The van der Waals surface area contributed by atoms with Crippen molar-refractivity contribution in [1.29, 1.82) is 0 Å². The molecule has 0 spiro atoms. The maximum Gasteiger partial charge on any atom is 0.124 e. The van der Waals surface area contributed by atoms with Crippen LogP contribution in [-0.2, 0) is 6.61 Å². The van der Waals surface area contributed by atoms with Crippen molar-refractivity contribution in [1.82, 2.24) is 0 Å². The summed E-state index contributed by atoms with van der Waals surface area (Å²) < 4.78 is 25.9. The van der Waals surface area contributed by atoms with Gasteiger partial charge in [0.05, 0.1) is 6.61 Å². The van der Waals surface area contributed by atoms with Gasteiger partial charge in [-0.05, 0) is 47.0 Å². The first-order valence-electron chi connectivity index (χ1n) is 4.85. The van der Waals surface area contributed by atoms with E-state index in [9.17, 15) is 8.78 Å². The Hall–Kier alpha value is -1.74. The molecule has 0 saturated heterocycles. The highest BCUT2D eigenvalue weighted by Crippen LogP contribution is 2.22. The van der Waals surface area contributed by atoms with E-state index in [1.54, 1.807) is 18.2 Å². The fourth-order valence-corrected chi connectivity index (χ4v) is 1.55. The molecule has 2 aromatic carbocycles. The fraction of sp³-hybridized carbons (Fsp3) is 0.0769. The lowest BCUT2D eigenvalue weighted by atomic mass is 10.0. The summed E-state index contributed by atoms with van der Waals surface area (Å²) in [5.41, 5.74) is 1.85. The van der Waals surface area contributed by atoms with Gasteiger partial charge in [-0.1, -0.05) is 12.1 Å². The Morgan fingerprint density at radius 3 is 2.12 bits per heavy atom. The maximum absolute atomic E-state index is 13.2. The summed E-state index contributed by atoms with van der Waals surface area (Å²) in [5, 5.41) is 8.95. The molecule has 1 nitrogen and oxygen atoms in total. The van der Waals surface area contributed by atoms with Gasteiger partial charge in [0.1, 0.15) is 11.6 Å². The molecule has 0 aliphatic rings.